The number of carbonyl (C=O) groups is 2. The zero-order valence-corrected chi connectivity index (χ0v) is 25.5. The van der Waals surface area contributed by atoms with Gasteiger partial charge in [-0.25, -0.2) is 8.42 Å². The van der Waals surface area contributed by atoms with Crippen LogP contribution < -0.4 is 14.4 Å². The topological polar surface area (TPSA) is 96.0 Å². The lowest BCUT2D eigenvalue weighted by Crippen LogP contribution is -2.52. The molecular formula is C31H38ClN3O5S. The predicted molar refractivity (Wildman–Crippen MR) is 163 cm³/mol. The minimum Gasteiger partial charge on any atom is -0.497 e. The Hall–Kier alpha value is -3.56. The van der Waals surface area contributed by atoms with Gasteiger partial charge < -0.3 is 15.0 Å². The normalized spacial score (nSPS) is 11.9. The molecule has 220 valence electrons. The fraction of sp³-hybridized carbons (Fsp3) is 0.355. The van der Waals surface area contributed by atoms with Crippen molar-refractivity contribution in [2.45, 2.75) is 57.5 Å². The first-order valence-corrected chi connectivity index (χ1v) is 15.5. The first-order chi connectivity index (χ1) is 19.6. The number of nitrogens with zero attached hydrogens (tertiary/aromatic N) is 2. The Morgan fingerprint density at radius 1 is 1.00 bits per heavy atom. The fourth-order valence-corrected chi connectivity index (χ4v) is 5.98. The van der Waals surface area contributed by atoms with E-state index in [1.807, 2.05) is 26.8 Å². The summed E-state index contributed by atoms with van der Waals surface area (Å²) in [6.07, 6.45) is 2.06. The van der Waals surface area contributed by atoms with Gasteiger partial charge >= 0.3 is 0 Å². The molecule has 0 aromatic heterocycles. The van der Waals surface area contributed by atoms with Gasteiger partial charge in [-0.1, -0.05) is 68.3 Å². The van der Waals surface area contributed by atoms with E-state index in [0.29, 0.717) is 23.7 Å². The number of benzene rings is 3. The molecule has 0 heterocycles. The average molecular weight is 600 g/mol. The van der Waals surface area contributed by atoms with E-state index < -0.39 is 28.5 Å². The second-order valence-corrected chi connectivity index (χ2v) is 12.0. The summed E-state index contributed by atoms with van der Waals surface area (Å²) >= 11 is 6.38. The van der Waals surface area contributed by atoms with E-state index in [9.17, 15) is 18.0 Å². The van der Waals surface area contributed by atoms with Gasteiger partial charge in [0.15, 0.2) is 0 Å². The number of ether oxygens (including phenoxy) is 1. The van der Waals surface area contributed by atoms with Crippen LogP contribution in [0.5, 0.6) is 5.75 Å². The van der Waals surface area contributed by atoms with Crippen LogP contribution >= 0.6 is 11.6 Å². The van der Waals surface area contributed by atoms with Crippen molar-refractivity contribution in [3.05, 3.63) is 88.9 Å². The molecule has 1 atom stereocenters. The number of anilines is 1. The number of aryl methyl sites for hydroxylation is 1. The molecule has 0 saturated carbocycles. The van der Waals surface area contributed by atoms with Gasteiger partial charge in [-0.05, 0) is 67.3 Å². The molecule has 8 nitrogen and oxygen atoms in total. The SMILES string of the molecule is CCCCNC(=O)C(CC)N(Cc1cccc(OC)c1)C(=O)CN(c1ccc(C)c(Cl)c1)S(=O)(=O)c1ccccc1. The highest BCUT2D eigenvalue weighted by molar-refractivity contribution is 7.92. The summed E-state index contributed by atoms with van der Waals surface area (Å²) in [5.41, 5.74) is 1.76. The van der Waals surface area contributed by atoms with Gasteiger partial charge in [0, 0.05) is 18.1 Å². The standard InChI is InChI=1S/C31H38ClN3O5S/c1-5-7-18-33-31(37)29(6-2)34(21-24-12-11-13-26(19-24)40-4)30(36)22-35(25-17-16-23(3)28(32)20-25)41(38,39)27-14-9-8-10-15-27/h8-17,19-20,29H,5-7,18,21-22H2,1-4H3,(H,33,37). The Kier molecular flexibility index (Phi) is 11.6. The van der Waals surface area contributed by atoms with E-state index in [1.165, 1.54) is 23.1 Å². The van der Waals surface area contributed by atoms with Gasteiger partial charge in [0.1, 0.15) is 18.3 Å². The van der Waals surface area contributed by atoms with Crippen molar-refractivity contribution in [2.24, 2.45) is 0 Å². The van der Waals surface area contributed by atoms with Crippen molar-refractivity contribution in [2.75, 3.05) is 24.5 Å². The summed E-state index contributed by atoms with van der Waals surface area (Å²) in [6.45, 7) is 5.72. The van der Waals surface area contributed by atoms with Gasteiger partial charge in [0.05, 0.1) is 17.7 Å². The summed E-state index contributed by atoms with van der Waals surface area (Å²) in [5.74, 6) is -0.201. The van der Waals surface area contributed by atoms with Gasteiger partial charge in [0.25, 0.3) is 10.0 Å². The smallest absolute Gasteiger partial charge is 0.264 e. The van der Waals surface area contributed by atoms with Crippen LogP contribution in [0, 0.1) is 6.92 Å². The number of rotatable bonds is 14. The number of halogens is 1. The Morgan fingerprint density at radius 3 is 2.37 bits per heavy atom. The maximum atomic E-state index is 14.1. The minimum absolute atomic E-state index is 0.0354. The molecule has 10 heteroatoms. The molecule has 41 heavy (non-hydrogen) atoms. The van der Waals surface area contributed by atoms with Gasteiger partial charge in [0.2, 0.25) is 11.8 Å². The average Bonchev–Trinajstić information content (AvgIpc) is 2.97. The molecule has 3 aromatic carbocycles. The van der Waals surface area contributed by atoms with Crippen LogP contribution in [0.2, 0.25) is 5.02 Å². The monoisotopic (exact) mass is 599 g/mol. The Labute approximate surface area is 248 Å². The van der Waals surface area contributed by atoms with E-state index in [2.05, 4.69) is 5.32 Å². The van der Waals surface area contributed by atoms with E-state index in [1.54, 1.807) is 55.6 Å². The van der Waals surface area contributed by atoms with Crippen LogP contribution in [0.1, 0.15) is 44.2 Å². The fourth-order valence-electron chi connectivity index (χ4n) is 4.38. The largest absolute Gasteiger partial charge is 0.497 e. The second kappa shape index (κ2) is 14.9. The predicted octanol–water partition coefficient (Wildman–Crippen LogP) is 5.58. The first-order valence-electron chi connectivity index (χ1n) is 13.7. The van der Waals surface area contributed by atoms with E-state index in [-0.39, 0.29) is 23.0 Å². The Bertz CT molecular complexity index is 1430. The van der Waals surface area contributed by atoms with E-state index in [4.69, 9.17) is 16.3 Å². The van der Waals surface area contributed by atoms with Gasteiger partial charge in [-0.2, -0.15) is 0 Å². The molecule has 1 N–H and O–H groups in total. The molecule has 3 aromatic rings. The number of sulfonamides is 1. The summed E-state index contributed by atoms with van der Waals surface area (Å²) in [5, 5.41) is 3.30. The number of methoxy groups -OCH3 is 1. The van der Waals surface area contributed by atoms with Crippen LogP contribution in [0.4, 0.5) is 5.69 Å². The third kappa shape index (κ3) is 8.24. The third-order valence-electron chi connectivity index (χ3n) is 6.76. The molecule has 0 aliphatic rings. The molecule has 0 fully saturated rings. The number of hydrogen-bond donors (Lipinski definition) is 1. The third-order valence-corrected chi connectivity index (χ3v) is 8.95. The van der Waals surface area contributed by atoms with Crippen molar-refractivity contribution in [3.63, 3.8) is 0 Å². The van der Waals surface area contributed by atoms with Gasteiger partial charge in [-0.15, -0.1) is 0 Å². The van der Waals surface area contributed by atoms with E-state index >= 15 is 0 Å². The van der Waals surface area contributed by atoms with Crippen LogP contribution in [-0.4, -0.2) is 51.4 Å². The highest BCUT2D eigenvalue weighted by Gasteiger charge is 2.33. The van der Waals surface area contributed by atoms with Crippen molar-refractivity contribution in [1.82, 2.24) is 10.2 Å². The lowest BCUT2D eigenvalue weighted by molar-refractivity contribution is -0.140. The molecule has 0 aliphatic heterocycles. The van der Waals surface area contributed by atoms with Crippen LogP contribution in [0.3, 0.4) is 0 Å². The van der Waals surface area contributed by atoms with Crippen molar-refractivity contribution in [1.29, 1.82) is 0 Å². The van der Waals surface area contributed by atoms with Crippen molar-refractivity contribution < 1.29 is 22.7 Å². The number of nitrogens with one attached hydrogen (secondary N) is 1. The second-order valence-electron chi connectivity index (χ2n) is 9.70. The van der Waals surface area contributed by atoms with Crippen molar-refractivity contribution >= 4 is 39.1 Å². The number of unbranched alkanes of at least 4 members (excludes halogenated alkanes) is 1. The summed E-state index contributed by atoms with van der Waals surface area (Å²) in [6, 6.07) is 19.2. The first kappa shape index (κ1) is 32.0. The molecule has 0 saturated heterocycles. The quantitative estimate of drug-likeness (QED) is 0.244. The highest BCUT2D eigenvalue weighted by atomic mass is 35.5. The lowest BCUT2D eigenvalue weighted by Gasteiger charge is -2.33. The maximum Gasteiger partial charge on any atom is 0.264 e. The zero-order valence-electron chi connectivity index (χ0n) is 24.0. The number of carbonyl (C=O) groups excluding carboxylic acids is 2. The molecule has 1 unspecified atom stereocenters. The lowest BCUT2D eigenvalue weighted by atomic mass is 10.1. The summed E-state index contributed by atoms with van der Waals surface area (Å²) in [4.78, 5) is 28.9. The Balaban J connectivity index is 2.05. The summed E-state index contributed by atoms with van der Waals surface area (Å²) < 4.78 is 34.2. The van der Waals surface area contributed by atoms with E-state index in [0.717, 1.165) is 28.3 Å². The molecule has 3 rings (SSSR count). The number of hydrogen-bond acceptors (Lipinski definition) is 5. The molecular weight excluding hydrogens is 562 g/mol. The summed E-state index contributed by atoms with van der Waals surface area (Å²) in [7, 11) is -2.61. The minimum atomic E-state index is -4.16. The maximum absolute atomic E-state index is 14.1. The molecule has 2 amide bonds. The van der Waals surface area contributed by atoms with Crippen LogP contribution in [0.15, 0.2) is 77.7 Å². The molecule has 0 bridgehead atoms. The highest BCUT2D eigenvalue weighted by Crippen LogP contribution is 2.29. The molecule has 0 aliphatic carbocycles. The van der Waals surface area contributed by atoms with Gasteiger partial charge in [-0.3, -0.25) is 13.9 Å². The number of amides is 2. The van der Waals surface area contributed by atoms with Crippen LogP contribution in [-0.2, 0) is 26.2 Å². The zero-order chi connectivity index (χ0) is 30.0. The molecule has 0 spiro atoms. The van der Waals surface area contributed by atoms with Crippen LogP contribution in [0.25, 0.3) is 0 Å². The Morgan fingerprint density at radius 2 is 1.73 bits per heavy atom. The molecule has 0 radical (unpaired) electrons. The van der Waals surface area contributed by atoms with Crippen molar-refractivity contribution in [3.8, 4) is 5.75 Å².